The molecule has 0 fully saturated rings. The summed E-state index contributed by atoms with van der Waals surface area (Å²) in [6.07, 6.45) is 2.68. The summed E-state index contributed by atoms with van der Waals surface area (Å²) in [6.45, 7) is 4.30. The molecule has 2 N–H and O–H groups in total. The zero-order valence-corrected chi connectivity index (χ0v) is 8.29. The lowest BCUT2D eigenvalue weighted by Crippen LogP contribution is -2.00. The molecule has 0 spiro atoms. The van der Waals surface area contributed by atoms with Crippen LogP contribution in [0, 0.1) is 5.92 Å². The zero-order valence-electron chi connectivity index (χ0n) is 8.29. The molecule has 2 aromatic rings. The third-order valence-electron chi connectivity index (χ3n) is 2.14. The number of aromatic amines is 2. The van der Waals surface area contributed by atoms with Crippen LogP contribution in [0.5, 0.6) is 0 Å². The van der Waals surface area contributed by atoms with Crippen molar-refractivity contribution in [3.05, 3.63) is 28.3 Å². The number of hydrogen-bond donors (Lipinski definition) is 2. The Morgan fingerprint density at radius 1 is 1.43 bits per heavy atom. The summed E-state index contributed by atoms with van der Waals surface area (Å²) in [5.74, 6) is 0.569. The van der Waals surface area contributed by atoms with Gasteiger partial charge in [0.25, 0.3) is 0 Å². The van der Waals surface area contributed by atoms with Gasteiger partial charge in [-0.3, -0.25) is 4.98 Å². The molecular formula is C10H13N3O. The van der Waals surface area contributed by atoms with Gasteiger partial charge in [-0.1, -0.05) is 13.8 Å². The van der Waals surface area contributed by atoms with Gasteiger partial charge in [0.15, 0.2) is 5.65 Å². The second-order valence-electron chi connectivity index (χ2n) is 3.87. The Morgan fingerprint density at radius 2 is 2.21 bits per heavy atom. The van der Waals surface area contributed by atoms with Gasteiger partial charge in [0.2, 0.25) is 0 Å². The molecule has 2 aromatic heterocycles. The average Bonchev–Trinajstić information content (AvgIpc) is 2.45. The normalized spacial score (nSPS) is 11.4. The maximum Gasteiger partial charge on any atom is 0.325 e. The second-order valence-corrected chi connectivity index (χ2v) is 3.87. The molecule has 0 aliphatic carbocycles. The van der Waals surface area contributed by atoms with Crippen molar-refractivity contribution >= 4 is 11.2 Å². The highest BCUT2D eigenvalue weighted by atomic mass is 16.1. The molecule has 0 unspecified atom stereocenters. The molecule has 0 amide bonds. The predicted octanol–water partition coefficient (Wildman–Crippen LogP) is 1.45. The van der Waals surface area contributed by atoms with E-state index in [0.717, 1.165) is 17.5 Å². The summed E-state index contributed by atoms with van der Waals surface area (Å²) in [7, 11) is 0. The molecule has 0 aliphatic heterocycles. The van der Waals surface area contributed by atoms with Crippen molar-refractivity contribution in [2.75, 3.05) is 0 Å². The average molecular weight is 191 g/mol. The van der Waals surface area contributed by atoms with Crippen LogP contribution in [0.4, 0.5) is 0 Å². The van der Waals surface area contributed by atoms with Gasteiger partial charge in [-0.15, -0.1) is 0 Å². The topological polar surface area (TPSA) is 61.5 Å². The number of nitrogens with one attached hydrogen (secondary N) is 2. The van der Waals surface area contributed by atoms with Crippen LogP contribution in [0.3, 0.4) is 0 Å². The fraction of sp³-hybridized carbons (Fsp3) is 0.400. The van der Waals surface area contributed by atoms with E-state index in [1.54, 1.807) is 6.20 Å². The maximum absolute atomic E-state index is 11.1. The highest BCUT2D eigenvalue weighted by molar-refractivity contribution is 5.73. The van der Waals surface area contributed by atoms with Crippen molar-refractivity contribution < 1.29 is 0 Å². The smallest absolute Gasteiger partial charge is 0.304 e. The monoisotopic (exact) mass is 191 g/mol. The Hall–Kier alpha value is -1.58. The van der Waals surface area contributed by atoms with Gasteiger partial charge in [-0.2, -0.15) is 0 Å². The Morgan fingerprint density at radius 3 is 2.93 bits per heavy atom. The summed E-state index contributed by atoms with van der Waals surface area (Å²) in [4.78, 5) is 20.6. The van der Waals surface area contributed by atoms with E-state index in [4.69, 9.17) is 0 Å². The van der Waals surface area contributed by atoms with Crippen molar-refractivity contribution in [1.82, 2.24) is 15.0 Å². The molecule has 0 aliphatic rings. The summed E-state index contributed by atoms with van der Waals surface area (Å²) < 4.78 is 0. The van der Waals surface area contributed by atoms with Gasteiger partial charge in [-0.25, -0.2) is 9.78 Å². The van der Waals surface area contributed by atoms with Crippen LogP contribution in [-0.4, -0.2) is 15.0 Å². The number of H-pyrrole nitrogens is 2. The first-order valence-corrected chi connectivity index (χ1v) is 4.72. The van der Waals surface area contributed by atoms with E-state index in [1.165, 1.54) is 0 Å². The first-order valence-electron chi connectivity index (χ1n) is 4.72. The van der Waals surface area contributed by atoms with Crippen LogP contribution in [0.15, 0.2) is 17.1 Å². The fourth-order valence-electron chi connectivity index (χ4n) is 1.60. The van der Waals surface area contributed by atoms with Gasteiger partial charge in [0.05, 0.1) is 5.52 Å². The van der Waals surface area contributed by atoms with E-state index in [9.17, 15) is 4.79 Å². The molecule has 2 heterocycles. The van der Waals surface area contributed by atoms with Crippen LogP contribution in [0.1, 0.15) is 19.4 Å². The van der Waals surface area contributed by atoms with Crippen molar-refractivity contribution in [2.24, 2.45) is 5.92 Å². The fourth-order valence-corrected chi connectivity index (χ4v) is 1.60. The second kappa shape index (κ2) is 3.29. The lowest BCUT2D eigenvalue weighted by molar-refractivity contribution is 0.649. The highest BCUT2D eigenvalue weighted by Gasteiger charge is 2.06. The van der Waals surface area contributed by atoms with Gasteiger partial charge >= 0.3 is 5.69 Å². The van der Waals surface area contributed by atoms with E-state index in [0.29, 0.717) is 11.6 Å². The molecular weight excluding hydrogens is 178 g/mol. The van der Waals surface area contributed by atoms with Crippen LogP contribution >= 0.6 is 0 Å². The molecule has 0 bridgehead atoms. The molecule has 4 heteroatoms. The zero-order chi connectivity index (χ0) is 10.1. The van der Waals surface area contributed by atoms with Crippen LogP contribution in [0.2, 0.25) is 0 Å². The number of rotatable bonds is 2. The molecule has 0 saturated carbocycles. The van der Waals surface area contributed by atoms with Crippen LogP contribution in [0.25, 0.3) is 11.2 Å². The maximum atomic E-state index is 11.1. The van der Waals surface area contributed by atoms with Gasteiger partial charge in [0, 0.05) is 6.20 Å². The minimum atomic E-state index is -0.191. The summed E-state index contributed by atoms with van der Waals surface area (Å²) in [5, 5.41) is 0. The highest BCUT2D eigenvalue weighted by Crippen LogP contribution is 2.14. The molecule has 4 nitrogen and oxygen atoms in total. The van der Waals surface area contributed by atoms with E-state index < -0.39 is 0 Å². The van der Waals surface area contributed by atoms with Gasteiger partial charge < -0.3 is 4.98 Å². The van der Waals surface area contributed by atoms with Crippen molar-refractivity contribution in [3.8, 4) is 0 Å². The lowest BCUT2D eigenvalue weighted by atomic mass is 10.0. The van der Waals surface area contributed by atoms with E-state index in [2.05, 4.69) is 28.8 Å². The van der Waals surface area contributed by atoms with Crippen molar-refractivity contribution in [3.63, 3.8) is 0 Å². The first-order chi connectivity index (χ1) is 6.66. The van der Waals surface area contributed by atoms with Crippen LogP contribution in [-0.2, 0) is 6.42 Å². The van der Waals surface area contributed by atoms with Gasteiger partial charge in [-0.05, 0) is 24.0 Å². The number of fused-ring (bicyclic) bond motifs is 1. The van der Waals surface area contributed by atoms with E-state index in [-0.39, 0.29) is 5.69 Å². The van der Waals surface area contributed by atoms with Crippen molar-refractivity contribution in [1.29, 1.82) is 0 Å². The quantitative estimate of drug-likeness (QED) is 0.754. The Bertz CT molecular complexity index is 495. The number of aromatic nitrogens is 3. The number of pyridine rings is 1. The summed E-state index contributed by atoms with van der Waals surface area (Å²) >= 11 is 0. The standard InChI is InChI=1S/C10H13N3O/c1-6(2)5-7-3-4-11-9-8(7)12-10(14)13-9/h3-4,6H,5H2,1-2H3,(H2,11,12,13,14). The Balaban J connectivity index is 2.58. The van der Waals surface area contributed by atoms with Crippen LogP contribution < -0.4 is 5.69 Å². The first kappa shape index (κ1) is 8.99. The number of imidazole rings is 1. The molecule has 0 atom stereocenters. The van der Waals surface area contributed by atoms with E-state index >= 15 is 0 Å². The largest absolute Gasteiger partial charge is 0.325 e. The summed E-state index contributed by atoms with van der Waals surface area (Å²) in [5.41, 5.74) is 2.44. The SMILES string of the molecule is CC(C)Cc1ccnc2[nH]c(=O)[nH]c12. The molecule has 2 rings (SSSR count). The summed E-state index contributed by atoms with van der Waals surface area (Å²) in [6, 6.07) is 1.95. The molecule has 0 aromatic carbocycles. The molecule has 0 radical (unpaired) electrons. The lowest BCUT2D eigenvalue weighted by Gasteiger charge is -2.04. The van der Waals surface area contributed by atoms with Gasteiger partial charge in [0.1, 0.15) is 0 Å². The minimum Gasteiger partial charge on any atom is -0.304 e. The minimum absolute atomic E-state index is 0.191. The molecule has 14 heavy (non-hydrogen) atoms. The number of hydrogen-bond acceptors (Lipinski definition) is 2. The Kier molecular flexibility index (Phi) is 2.11. The predicted molar refractivity (Wildman–Crippen MR) is 55.3 cm³/mol. The molecule has 74 valence electrons. The third kappa shape index (κ3) is 1.55. The third-order valence-corrected chi connectivity index (χ3v) is 2.14. The van der Waals surface area contributed by atoms with E-state index in [1.807, 2.05) is 6.07 Å². The number of nitrogens with zero attached hydrogens (tertiary/aromatic N) is 1. The Labute approximate surface area is 81.4 Å². The van der Waals surface area contributed by atoms with Crippen molar-refractivity contribution in [2.45, 2.75) is 20.3 Å². The molecule has 0 saturated heterocycles.